The van der Waals surface area contributed by atoms with E-state index in [4.69, 9.17) is 46.9 Å². The minimum Gasteiger partial charge on any atom is -0.496 e. The molecule has 0 spiro atoms. The molecule has 5 aromatic carbocycles. The average molecular weight is 1050 g/mol. The Morgan fingerprint density at radius 2 is 1.32 bits per heavy atom. The minimum absolute atomic E-state index is 0.0407. The zero-order valence-corrected chi connectivity index (χ0v) is 42.3. The summed E-state index contributed by atoms with van der Waals surface area (Å²) >= 11 is 12.7. The van der Waals surface area contributed by atoms with Crippen molar-refractivity contribution in [2.24, 2.45) is 0 Å². The zero-order chi connectivity index (χ0) is 52.5. The molecule has 5 aromatic rings. The van der Waals surface area contributed by atoms with Crippen molar-refractivity contribution in [2.45, 2.75) is 83.8 Å². The number of carbonyl (C=O) groups excluding carboxylic acids is 3. The summed E-state index contributed by atoms with van der Waals surface area (Å²) in [6.07, 6.45) is 1.37. The molecule has 21 heteroatoms. The van der Waals surface area contributed by atoms with E-state index in [1.807, 2.05) is 61.2 Å². The third-order valence-corrected chi connectivity index (χ3v) is 13.3. The molecule has 2 heterocycles. The third-order valence-electron chi connectivity index (χ3n) is 12.7. The van der Waals surface area contributed by atoms with Gasteiger partial charge in [-0.15, -0.1) is 20.2 Å². The van der Waals surface area contributed by atoms with Crippen LogP contribution < -0.4 is 23.7 Å². The standard InChI is InChI=1S/C53H53Cl2N5O14/c1-33-22-45(54)50(46(55)23-33)70-21-5-4-20-69-41-17-13-38(14-18-41)44-27-40-29-56(52(62)73-42-10-6-8-36(25-42)31-71-59(64)65)30-47(58(40)53(63)74-43-11-7-9-37(26-43)32-72-60(66)67)49(44)51(61)57(39-15-16-39)28-35-12-19-48(68-3)34(2)24-35/h6-14,17-19,22-26,39-40,47H,4-5,15-16,20-21,27-32H2,1-3H3. The number of halogens is 2. The van der Waals surface area contributed by atoms with Crippen molar-refractivity contribution in [3.8, 4) is 28.7 Å². The van der Waals surface area contributed by atoms with Crippen molar-refractivity contribution in [3.63, 3.8) is 0 Å². The van der Waals surface area contributed by atoms with Gasteiger partial charge in [0.1, 0.15) is 36.2 Å². The van der Waals surface area contributed by atoms with Crippen LogP contribution in [0.25, 0.3) is 5.57 Å². The maximum absolute atomic E-state index is 15.7. The van der Waals surface area contributed by atoms with Gasteiger partial charge >= 0.3 is 12.2 Å². The van der Waals surface area contributed by atoms with Gasteiger partial charge in [-0.25, -0.2) is 9.59 Å². The lowest BCUT2D eigenvalue weighted by Gasteiger charge is -2.50. The number of unbranched alkanes of at least 4 members (excludes halogenated alkanes) is 1. The van der Waals surface area contributed by atoms with E-state index < -0.39 is 34.4 Å². The van der Waals surface area contributed by atoms with Gasteiger partial charge in [0.25, 0.3) is 16.1 Å². The Morgan fingerprint density at radius 1 is 0.716 bits per heavy atom. The molecule has 388 valence electrons. The summed E-state index contributed by atoms with van der Waals surface area (Å²) in [5.74, 6) is 1.58. The summed E-state index contributed by atoms with van der Waals surface area (Å²) in [5.41, 5.74) is 5.11. The number of rotatable bonds is 21. The molecule has 2 fully saturated rings. The van der Waals surface area contributed by atoms with Crippen LogP contribution >= 0.6 is 23.2 Å². The van der Waals surface area contributed by atoms with Crippen LogP contribution in [-0.2, 0) is 34.2 Å². The van der Waals surface area contributed by atoms with E-state index in [9.17, 15) is 29.8 Å². The fourth-order valence-electron chi connectivity index (χ4n) is 9.14. The molecule has 2 bridgehead atoms. The molecule has 1 aliphatic carbocycles. The van der Waals surface area contributed by atoms with Crippen LogP contribution in [0.4, 0.5) is 9.59 Å². The molecule has 74 heavy (non-hydrogen) atoms. The second kappa shape index (κ2) is 23.8. The van der Waals surface area contributed by atoms with Gasteiger partial charge < -0.3 is 43.2 Å². The number of amides is 3. The summed E-state index contributed by atoms with van der Waals surface area (Å²) in [6.45, 7) is 3.86. The highest BCUT2D eigenvalue weighted by Gasteiger charge is 2.50. The Hall–Kier alpha value is -7.77. The molecular weight excluding hydrogens is 1000 g/mol. The summed E-state index contributed by atoms with van der Waals surface area (Å²) in [6, 6.07) is 27.0. The number of fused-ring (bicyclic) bond motifs is 2. The highest BCUT2D eigenvalue weighted by molar-refractivity contribution is 6.37. The minimum atomic E-state index is -1.08. The number of carbonyl (C=O) groups is 3. The molecule has 8 rings (SSSR count). The smallest absolute Gasteiger partial charge is 0.416 e. The second-order valence-corrected chi connectivity index (χ2v) is 18.9. The SMILES string of the molecule is COc1ccc(CN(C(=O)C2=C(c3ccc(OCCCCOc4c(Cl)cc(C)cc4Cl)cc3)CC3CN(C(=O)Oc4cccc(CO[N+](=O)[O-])c4)CC2N3C(=O)Oc2cccc(CO[N+](=O)[O-])c2)C2CC2)cc1C. The van der Waals surface area contributed by atoms with E-state index in [0.717, 1.165) is 29.5 Å². The first kappa shape index (κ1) is 52.5. The monoisotopic (exact) mass is 1050 g/mol. The number of piperazine rings is 1. The largest absolute Gasteiger partial charge is 0.496 e. The van der Waals surface area contributed by atoms with Crippen LogP contribution in [-0.4, -0.2) is 94.5 Å². The van der Waals surface area contributed by atoms with Gasteiger partial charge in [-0.1, -0.05) is 71.7 Å². The molecule has 0 radical (unpaired) electrons. The van der Waals surface area contributed by atoms with Crippen LogP contribution in [0.5, 0.6) is 28.7 Å². The van der Waals surface area contributed by atoms with Gasteiger partial charge in [-0.3, -0.25) is 9.69 Å². The summed E-state index contributed by atoms with van der Waals surface area (Å²) in [4.78, 5) is 80.2. The molecular formula is C53H53Cl2N5O14. The molecule has 1 saturated heterocycles. The molecule has 2 unspecified atom stereocenters. The van der Waals surface area contributed by atoms with Crippen LogP contribution in [0, 0.1) is 34.1 Å². The Labute approximate surface area is 436 Å². The Kier molecular flexibility index (Phi) is 16.9. The second-order valence-electron chi connectivity index (χ2n) is 18.1. The first-order chi connectivity index (χ1) is 35.6. The third kappa shape index (κ3) is 13.2. The van der Waals surface area contributed by atoms with Crippen molar-refractivity contribution in [2.75, 3.05) is 33.4 Å². The summed E-state index contributed by atoms with van der Waals surface area (Å²) < 4.78 is 29.3. The maximum atomic E-state index is 15.7. The predicted octanol–water partition coefficient (Wildman–Crippen LogP) is 10.4. The van der Waals surface area contributed by atoms with Gasteiger partial charge in [-0.2, -0.15) is 0 Å². The molecule has 19 nitrogen and oxygen atoms in total. The number of hydrogen-bond acceptors (Lipinski definition) is 14. The molecule has 2 aliphatic heterocycles. The zero-order valence-electron chi connectivity index (χ0n) is 40.7. The van der Waals surface area contributed by atoms with Gasteiger partial charge in [0.2, 0.25) is 0 Å². The Bertz CT molecular complexity index is 2910. The number of aryl methyl sites for hydroxylation is 2. The van der Waals surface area contributed by atoms with E-state index in [2.05, 4.69) is 9.68 Å². The van der Waals surface area contributed by atoms with E-state index in [1.54, 1.807) is 43.5 Å². The molecule has 3 aliphatic rings. The summed E-state index contributed by atoms with van der Waals surface area (Å²) in [5, 5.41) is 20.9. The number of ether oxygens (including phenoxy) is 5. The molecule has 1 saturated carbocycles. The van der Waals surface area contributed by atoms with E-state index in [-0.39, 0.29) is 68.3 Å². The first-order valence-electron chi connectivity index (χ1n) is 23.8. The topological polar surface area (TPSA) is 212 Å². The van der Waals surface area contributed by atoms with Crippen molar-refractivity contribution in [1.82, 2.24) is 14.7 Å². The van der Waals surface area contributed by atoms with Crippen molar-refractivity contribution >= 4 is 46.9 Å². The number of nitrogens with zero attached hydrogens (tertiary/aromatic N) is 5. The fraction of sp³-hybridized carbons (Fsp3) is 0.340. The number of methoxy groups -OCH3 is 1. The Morgan fingerprint density at radius 3 is 1.91 bits per heavy atom. The van der Waals surface area contributed by atoms with Crippen LogP contribution in [0.1, 0.15) is 65.5 Å². The van der Waals surface area contributed by atoms with E-state index >= 15 is 4.79 Å². The van der Waals surface area contributed by atoms with E-state index in [0.29, 0.717) is 75.6 Å². The normalized spacial score (nSPS) is 16.0. The van der Waals surface area contributed by atoms with Crippen molar-refractivity contribution < 1.29 is 57.9 Å². The Balaban J connectivity index is 1.11. The lowest BCUT2D eigenvalue weighted by molar-refractivity contribution is -0.763. The van der Waals surface area contributed by atoms with E-state index in [1.165, 1.54) is 34.1 Å². The van der Waals surface area contributed by atoms with Gasteiger partial charge in [0.15, 0.2) is 5.75 Å². The molecule has 3 amide bonds. The van der Waals surface area contributed by atoms with Crippen LogP contribution in [0.3, 0.4) is 0 Å². The highest BCUT2D eigenvalue weighted by Crippen LogP contribution is 2.43. The number of hydrogen-bond donors (Lipinski definition) is 0. The van der Waals surface area contributed by atoms with Crippen molar-refractivity contribution in [3.05, 3.63) is 172 Å². The number of benzene rings is 5. The average Bonchev–Trinajstić information content (AvgIpc) is 4.22. The quantitative estimate of drug-likeness (QED) is 0.0380. The lowest BCUT2D eigenvalue weighted by atomic mass is 9.81. The van der Waals surface area contributed by atoms with Crippen LogP contribution in [0.2, 0.25) is 10.0 Å². The van der Waals surface area contributed by atoms with Gasteiger partial charge in [0, 0.05) is 31.2 Å². The molecule has 2 atom stereocenters. The summed E-state index contributed by atoms with van der Waals surface area (Å²) in [7, 11) is 1.59. The lowest BCUT2D eigenvalue weighted by Crippen LogP contribution is -2.66. The molecule has 0 N–H and O–H groups in total. The van der Waals surface area contributed by atoms with Crippen LogP contribution in [0.15, 0.2) is 109 Å². The first-order valence-corrected chi connectivity index (χ1v) is 24.6. The fourth-order valence-corrected chi connectivity index (χ4v) is 9.84. The molecule has 0 aromatic heterocycles. The van der Waals surface area contributed by atoms with Gasteiger partial charge in [-0.05, 0) is 140 Å². The van der Waals surface area contributed by atoms with Gasteiger partial charge in [0.05, 0.1) is 42.5 Å². The van der Waals surface area contributed by atoms with Crippen molar-refractivity contribution in [1.29, 1.82) is 0 Å². The highest BCUT2D eigenvalue weighted by atomic mass is 35.5. The maximum Gasteiger partial charge on any atom is 0.416 e. The predicted molar refractivity (Wildman–Crippen MR) is 270 cm³/mol.